The molecule has 0 N–H and O–H groups in total. The van der Waals surface area contributed by atoms with Crippen molar-refractivity contribution in [1.29, 1.82) is 0 Å². The predicted molar refractivity (Wildman–Crippen MR) is 80.2 cm³/mol. The molecule has 114 valence electrons. The van der Waals surface area contributed by atoms with E-state index in [0.29, 0.717) is 19.5 Å². The van der Waals surface area contributed by atoms with E-state index in [2.05, 4.69) is 11.8 Å². The topological polar surface area (TPSA) is 49.9 Å². The molecule has 1 unspecified atom stereocenters. The van der Waals surface area contributed by atoms with E-state index < -0.39 is 11.7 Å². The number of hydrogen-bond donors (Lipinski definition) is 0. The molecule has 21 heavy (non-hydrogen) atoms. The van der Waals surface area contributed by atoms with Gasteiger partial charge in [-0.2, -0.15) is 0 Å². The molecule has 1 atom stereocenters. The quantitative estimate of drug-likeness (QED) is 0.737. The molecule has 1 saturated heterocycles. The molecular formula is C16H22N2O3. The summed E-state index contributed by atoms with van der Waals surface area (Å²) in [6.45, 7) is 6.66. The van der Waals surface area contributed by atoms with E-state index in [9.17, 15) is 9.59 Å². The maximum absolute atomic E-state index is 12.3. The molecular weight excluding hydrogens is 268 g/mol. The van der Waals surface area contributed by atoms with Crippen LogP contribution >= 0.6 is 0 Å². The first-order valence-electron chi connectivity index (χ1n) is 6.92. The van der Waals surface area contributed by atoms with Gasteiger partial charge in [0.15, 0.2) is 0 Å². The Labute approximate surface area is 126 Å². The lowest BCUT2D eigenvalue weighted by Gasteiger charge is -2.25. The fourth-order valence-electron chi connectivity index (χ4n) is 2.14. The third-order valence-electron chi connectivity index (χ3n) is 3.07. The minimum absolute atomic E-state index is 0.100. The molecule has 0 radical (unpaired) electrons. The molecule has 0 saturated carbocycles. The summed E-state index contributed by atoms with van der Waals surface area (Å²) in [5, 5.41) is 0. The summed E-state index contributed by atoms with van der Waals surface area (Å²) in [6, 6.07) is 0. The predicted octanol–water partition coefficient (Wildman–Crippen LogP) is 1.34. The highest BCUT2D eigenvalue weighted by molar-refractivity contribution is 5.81. The number of hydrogen-bond acceptors (Lipinski definition) is 3. The van der Waals surface area contributed by atoms with Crippen LogP contribution in [0.25, 0.3) is 0 Å². The number of amides is 2. The van der Waals surface area contributed by atoms with Crippen LogP contribution in [-0.2, 0) is 9.53 Å². The van der Waals surface area contributed by atoms with Crippen molar-refractivity contribution < 1.29 is 14.3 Å². The van der Waals surface area contributed by atoms with Crippen LogP contribution in [0.2, 0.25) is 0 Å². The third kappa shape index (κ3) is 5.04. The normalized spacial score (nSPS) is 17.8. The molecule has 5 heteroatoms. The van der Waals surface area contributed by atoms with Gasteiger partial charge in [-0.05, 0) is 27.2 Å². The van der Waals surface area contributed by atoms with Crippen molar-refractivity contribution in [1.82, 2.24) is 9.80 Å². The lowest BCUT2D eigenvalue weighted by atomic mass is 10.1. The van der Waals surface area contributed by atoms with E-state index in [0.717, 1.165) is 0 Å². The zero-order valence-electron chi connectivity index (χ0n) is 12.9. The van der Waals surface area contributed by atoms with Gasteiger partial charge < -0.3 is 14.5 Å². The Kier molecular flexibility index (Phi) is 5.67. The lowest BCUT2D eigenvalue weighted by Crippen LogP contribution is -2.39. The smallest absolute Gasteiger partial charge is 0.410 e. The number of terminal acetylenes is 2. The lowest BCUT2D eigenvalue weighted by molar-refractivity contribution is -0.133. The standard InChI is InChI=1S/C16H22N2O3/c1-6-9-17(10-7-2)14(19)13-8-11-18(12-13)15(20)21-16(3,4)5/h1-2,13H,8-12H2,3-5H3. The van der Waals surface area contributed by atoms with E-state index in [1.807, 2.05) is 20.8 Å². The Hall–Kier alpha value is -2.14. The molecule has 0 bridgehead atoms. The van der Waals surface area contributed by atoms with Crippen molar-refractivity contribution in [3.63, 3.8) is 0 Å². The minimum atomic E-state index is -0.543. The Bertz CT molecular complexity index is 463. The molecule has 0 aliphatic carbocycles. The second-order valence-corrected chi connectivity index (χ2v) is 6.01. The van der Waals surface area contributed by atoms with Gasteiger partial charge in [0, 0.05) is 13.1 Å². The molecule has 1 aliphatic rings. The van der Waals surface area contributed by atoms with Crippen LogP contribution in [0.3, 0.4) is 0 Å². The molecule has 2 amide bonds. The zero-order chi connectivity index (χ0) is 16.0. The maximum Gasteiger partial charge on any atom is 0.410 e. The van der Waals surface area contributed by atoms with Crippen LogP contribution in [0.5, 0.6) is 0 Å². The van der Waals surface area contributed by atoms with Crippen LogP contribution in [0.1, 0.15) is 27.2 Å². The number of nitrogens with zero attached hydrogens (tertiary/aromatic N) is 2. The fraction of sp³-hybridized carbons (Fsp3) is 0.625. The van der Waals surface area contributed by atoms with Gasteiger partial charge >= 0.3 is 6.09 Å². The molecule has 1 heterocycles. The number of carbonyl (C=O) groups excluding carboxylic acids is 2. The number of rotatable bonds is 3. The van der Waals surface area contributed by atoms with E-state index in [1.165, 1.54) is 4.90 Å². The first kappa shape index (κ1) is 16.9. The minimum Gasteiger partial charge on any atom is -0.444 e. The van der Waals surface area contributed by atoms with Crippen molar-refractivity contribution in [2.45, 2.75) is 32.8 Å². The summed E-state index contributed by atoms with van der Waals surface area (Å²) < 4.78 is 5.30. The van der Waals surface area contributed by atoms with Crippen LogP contribution in [0, 0.1) is 30.6 Å². The van der Waals surface area contributed by atoms with Gasteiger partial charge in [-0.3, -0.25) is 4.79 Å². The van der Waals surface area contributed by atoms with Gasteiger partial charge in [0.05, 0.1) is 19.0 Å². The van der Waals surface area contributed by atoms with Crippen LogP contribution < -0.4 is 0 Å². The second-order valence-electron chi connectivity index (χ2n) is 6.01. The fourth-order valence-corrected chi connectivity index (χ4v) is 2.14. The second kappa shape index (κ2) is 7.04. The van der Waals surface area contributed by atoms with Gasteiger partial charge in [-0.25, -0.2) is 4.79 Å². The summed E-state index contributed by atoms with van der Waals surface area (Å²) in [7, 11) is 0. The maximum atomic E-state index is 12.3. The van der Waals surface area contributed by atoms with Crippen molar-refractivity contribution in [2.75, 3.05) is 26.2 Å². The van der Waals surface area contributed by atoms with E-state index in [4.69, 9.17) is 17.6 Å². The van der Waals surface area contributed by atoms with E-state index in [1.54, 1.807) is 4.90 Å². The largest absolute Gasteiger partial charge is 0.444 e. The summed E-state index contributed by atoms with van der Waals surface area (Å²) >= 11 is 0. The van der Waals surface area contributed by atoms with Gasteiger partial charge in [-0.1, -0.05) is 11.8 Å². The molecule has 1 fully saturated rings. The molecule has 5 nitrogen and oxygen atoms in total. The van der Waals surface area contributed by atoms with Crippen molar-refractivity contribution in [2.24, 2.45) is 5.92 Å². The molecule has 0 aromatic carbocycles. The van der Waals surface area contributed by atoms with Crippen molar-refractivity contribution >= 4 is 12.0 Å². The van der Waals surface area contributed by atoms with Crippen molar-refractivity contribution in [3.05, 3.63) is 0 Å². The highest BCUT2D eigenvalue weighted by Gasteiger charge is 2.35. The molecule has 0 aromatic rings. The average molecular weight is 290 g/mol. The zero-order valence-corrected chi connectivity index (χ0v) is 12.9. The molecule has 1 rings (SSSR count). The van der Waals surface area contributed by atoms with Gasteiger partial charge in [0.2, 0.25) is 5.91 Å². The summed E-state index contributed by atoms with van der Waals surface area (Å²) in [5.74, 6) is 4.49. The SMILES string of the molecule is C#CCN(CC#C)C(=O)C1CCN(C(=O)OC(C)(C)C)C1. The highest BCUT2D eigenvalue weighted by atomic mass is 16.6. The average Bonchev–Trinajstić information content (AvgIpc) is 2.85. The van der Waals surface area contributed by atoms with Crippen LogP contribution in [-0.4, -0.2) is 53.6 Å². The van der Waals surface area contributed by atoms with Gasteiger partial charge in [-0.15, -0.1) is 12.8 Å². The van der Waals surface area contributed by atoms with E-state index in [-0.39, 0.29) is 24.9 Å². The number of ether oxygens (including phenoxy) is 1. The molecule has 0 spiro atoms. The number of likely N-dealkylation sites (tertiary alicyclic amines) is 1. The summed E-state index contributed by atoms with van der Waals surface area (Å²) in [5.41, 5.74) is -0.543. The Balaban J connectivity index is 2.61. The monoisotopic (exact) mass is 290 g/mol. The van der Waals surface area contributed by atoms with Gasteiger partial charge in [0.25, 0.3) is 0 Å². The number of carbonyl (C=O) groups is 2. The molecule has 1 aliphatic heterocycles. The van der Waals surface area contributed by atoms with Crippen molar-refractivity contribution in [3.8, 4) is 24.7 Å². The summed E-state index contributed by atoms with van der Waals surface area (Å²) in [4.78, 5) is 27.3. The Morgan fingerprint density at radius 2 is 1.86 bits per heavy atom. The van der Waals surface area contributed by atoms with E-state index >= 15 is 0 Å². The van der Waals surface area contributed by atoms with Crippen LogP contribution in [0.15, 0.2) is 0 Å². The third-order valence-corrected chi connectivity index (χ3v) is 3.07. The Morgan fingerprint density at radius 1 is 1.29 bits per heavy atom. The highest BCUT2D eigenvalue weighted by Crippen LogP contribution is 2.21. The first-order valence-corrected chi connectivity index (χ1v) is 6.92. The molecule has 0 aromatic heterocycles. The Morgan fingerprint density at radius 3 is 2.33 bits per heavy atom. The summed E-state index contributed by atoms with van der Waals surface area (Å²) in [6.07, 6.45) is 10.7. The van der Waals surface area contributed by atoms with Crippen LogP contribution in [0.4, 0.5) is 4.79 Å². The van der Waals surface area contributed by atoms with Gasteiger partial charge in [0.1, 0.15) is 5.60 Å². The first-order chi connectivity index (χ1) is 9.78.